The minimum atomic E-state index is -4.90. The molecule has 1 aromatic carbocycles. The Morgan fingerprint density at radius 2 is 1.74 bits per heavy atom. The SMILES string of the molecule is CCO[C@@H]1[C@@H](OC)O[C@H](COC(=O)C(C)(C)C)[C@@H](OCc2ccc(OC)cc2)[C@H]1NS(=O)(=O)[O-].[Na+]. The third kappa shape index (κ3) is 9.88. The quantitative estimate of drug-likeness (QED) is 0.202. The molecule has 0 aliphatic carbocycles. The van der Waals surface area contributed by atoms with Gasteiger partial charge < -0.3 is 33.0 Å². The van der Waals surface area contributed by atoms with Gasteiger partial charge in [-0.3, -0.25) is 4.79 Å². The molecule has 5 atom stereocenters. The number of carbonyl (C=O) groups excluding carboxylic acids is 1. The fraction of sp³-hybridized carbons (Fsp3) is 0.682. The van der Waals surface area contributed by atoms with Gasteiger partial charge in [0, 0.05) is 13.7 Å². The average molecular weight is 528 g/mol. The Kier molecular flexibility index (Phi) is 13.1. The molecule has 194 valence electrons. The number of nitrogens with one attached hydrogen (secondary N) is 1. The van der Waals surface area contributed by atoms with E-state index in [1.165, 1.54) is 7.11 Å². The van der Waals surface area contributed by atoms with Crippen LogP contribution in [0.25, 0.3) is 0 Å². The Balaban J connectivity index is 0.00000612. The summed E-state index contributed by atoms with van der Waals surface area (Å²) in [6.45, 7) is 6.80. The summed E-state index contributed by atoms with van der Waals surface area (Å²) in [5.41, 5.74) is -0.00432. The van der Waals surface area contributed by atoms with Crippen molar-refractivity contribution < 1.29 is 75.7 Å². The minimum Gasteiger partial charge on any atom is -0.735 e. The smallest absolute Gasteiger partial charge is 0.735 e. The van der Waals surface area contributed by atoms with E-state index in [4.69, 9.17) is 28.4 Å². The molecule has 0 spiro atoms. The van der Waals surface area contributed by atoms with E-state index in [9.17, 15) is 17.8 Å². The second-order valence-corrected chi connectivity index (χ2v) is 9.91. The largest absolute Gasteiger partial charge is 1.00 e. The summed E-state index contributed by atoms with van der Waals surface area (Å²) >= 11 is 0. The van der Waals surface area contributed by atoms with E-state index >= 15 is 0 Å². The first kappa shape index (κ1) is 32.2. The van der Waals surface area contributed by atoms with Crippen LogP contribution < -0.4 is 39.0 Å². The zero-order valence-electron chi connectivity index (χ0n) is 21.3. The van der Waals surface area contributed by atoms with E-state index in [1.807, 2.05) is 0 Å². The van der Waals surface area contributed by atoms with Crippen LogP contribution in [0.4, 0.5) is 0 Å². The molecule has 1 aliphatic rings. The molecule has 1 saturated heterocycles. The van der Waals surface area contributed by atoms with Crippen LogP contribution in [0.2, 0.25) is 0 Å². The van der Waals surface area contributed by atoms with E-state index in [2.05, 4.69) is 4.72 Å². The van der Waals surface area contributed by atoms with Gasteiger partial charge in [0.05, 0.1) is 25.2 Å². The number of hydrogen-bond acceptors (Lipinski definition) is 10. The molecule has 35 heavy (non-hydrogen) atoms. The van der Waals surface area contributed by atoms with E-state index in [1.54, 1.807) is 59.1 Å². The van der Waals surface area contributed by atoms with Crippen molar-refractivity contribution in [3.63, 3.8) is 0 Å². The Morgan fingerprint density at radius 1 is 1.11 bits per heavy atom. The topological polar surface area (TPSA) is 142 Å². The number of esters is 1. The van der Waals surface area contributed by atoms with E-state index in [0.717, 1.165) is 5.56 Å². The first-order valence-electron chi connectivity index (χ1n) is 10.8. The third-order valence-electron chi connectivity index (χ3n) is 5.12. The molecule has 1 heterocycles. The van der Waals surface area contributed by atoms with Crippen molar-refractivity contribution in [1.82, 2.24) is 4.72 Å². The Labute approximate surface area is 229 Å². The Bertz CT molecular complexity index is 890. The molecule has 0 unspecified atom stereocenters. The first-order chi connectivity index (χ1) is 15.9. The molecule has 0 saturated carbocycles. The van der Waals surface area contributed by atoms with Crippen LogP contribution in [0.15, 0.2) is 24.3 Å². The van der Waals surface area contributed by atoms with Gasteiger partial charge in [0.15, 0.2) is 16.6 Å². The van der Waals surface area contributed by atoms with Crippen molar-refractivity contribution >= 4 is 16.3 Å². The van der Waals surface area contributed by atoms with Crippen LogP contribution in [-0.4, -0.2) is 77.0 Å². The molecule has 0 bridgehead atoms. The van der Waals surface area contributed by atoms with Gasteiger partial charge in [0.25, 0.3) is 0 Å². The summed E-state index contributed by atoms with van der Waals surface area (Å²) in [6, 6.07) is 5.89. The van der Waals surface area contributed by atoms with Gasteiger partial charge in [0.2, 0.25) is 0 Å². The predicted molar refractivity (Wildman–Crippen MR) is 120 cm³/mol. The number of methoxy groups -OCH3 is 2. The van der Waals surface area contributed by atoms with Gasteiger partial charge in [-0.15, -0.1) is 0 Å². The molecule has 0 radical (unpaired) electrons. The van der Waals surface area contributed by atoms with Crippen LogP contribution in [0.5, 0.6) is 5.75 Å². The molecule has 11 nitrogen and oxygen atoms in total. The minimum absolute atomic E-state index is 0. The third-order valence-corrected chi connectivity index (χ3v) is 5.68. The van der Waals surface area contributed by atoms with Crippen LogP contribution in [0, 0.1) is 5.41 Å². The van der Waals surface area contributed by atoms with Crippen molar-refractivity contribution in [3.8, 4) is 5.75 Å². The molecule has 1 aromatic rings. The molecular weight excluding hydrogens is 493 g/mol. The number of rotatable bonds is 11. The van der Waals surface area contributed by atoms with Crippen LogP contribution in [-0.2, 0) is 45.4 Å². The number of benzene rings is 1. The zero-order chi connectivity index (χ0) is 25.5. The summed E-state index contributed by atoms with van der Waals surface area (Å²) in [6.07, 6.45) is -4.03. The molecule has 1 fully saturated rings. The van der Waals surface area contributed by atoms with E-state index in [-0.39, 0.29) is 49.4 Å². The van der Waals surface area contributed by atoms with E-state index < -0.39 is 52.3 Å². The summed E-state index contributed by atoms with van der Waals surface area (Å²) in [7, 11) is -2.00. The van der Waals surface area contributed by atoms with Crippen molar-refractivity contribution in [2.45, 2.75) is 64.9 Å². The fourth-order valence-corrected chi connectivity index (χ4v) is 4.02. The Morgan fingerprint density at radius 3 is 2.23 bits per heavy atom. The molecule has 0 aromatic heterocycles. The summed E-state index contributed by atoms with van der Waals surface area (Å²) in [5.74, 6) is 0.180. The van der Waals surface area contributed by atoms with Crippen LogP contribution in [0.1, 0.15) is 33.3 Å². The molecular formula is C22H34NNaO10S. The van der Waals surface area contributed by atoms with Gasteiger partial charge in [-0.2, -0.15) is 0 Å². The maximum atomic E-state index is 12.3. The van der Waals surface area contributed by atoms with Gasteiger partial charge >= 0.3 is 35.5 Å². The van der Waals surface area contributed by atoms with Gasteiger partial charge in [-0.05, 0) is 45.4 Å². The van der Waals surface area contributed by atoms with Gasteiger partial charge in [-0.25, -0.2) is 13.1 Å². The van der Waals surface area contributed by atoms with Crippen molar-refractivity contribution in [3.05, 3.63) is 29.8 Å². The average Bonchev–Trinajstić information content (AvgIpc) is 2.76. The number of ether oxygens (including phenoxy) is 6. The van der Waals surface area contributed by atoms with E-state index in [0.29, 0.717) is 5.75 Å². The summed E-state index contributed by atoms with van der Waals surface area (Å²) in [4.78, 5) is 12.3. The standard InChI is InChI=1S/C22H35NO10S.Na/c1-7-30-19-17(23-34(25,26)27)18(31-12-14-8-10-15(28-5)11-9-14)16(33-20(19)29-6)13-32-21(24)22(2,3)4;/h8-11,16-20,23H,7,12-13H2,1-6H3,(H,25,26,27);/q;+1/p-1/t16-,17-,18-,19+,20+;/m1./s1. The Hall–Kier alpha value is -0.800. The predicted octanol–water partition coefficient (Wildman–Crippen LogP) is -1.63. The maximum absolute atomic E-state index is 12.3. The van der Waals surface area contributed by atoms with Crippen LogP contribution >= 0.6 is 0 Å². The van der Waals surface area contributed by atoms with Crippen LogP contribution in [0.3, 0.4) is 0 Å². The molecule has 1 N–H and O–H groups in total. The second kappa shape index (κ2) is 14.2. The number of carbonyl (C=O) groups is 1. The number of hydrogen-bond donors (Lipinski definition) is 1. The zero-order valence-corrected chi connectivity index (χ0v) is 24.1. The van der Waals surface area contributed by atoms with Gasteiger partial charge in [-0.1, -0.05) is 12.1 Å². The van der Waals surface area contributed by atoms with Crippen molar-refractivity contribution in [2.24, 2.45) is 5.41 Å². The molecule has 2 rings (SSSR count). The maximum Gasteiger partial charge on any atom is 1.00 e. The molecule has 0 amide bonds. The molecule has 1 aliphatic heterocycles. The summed E-state index contributed by atoms with van der Waals surface area (Å²) < 4.78 is 70.7. The molecule has 13 heteroatoms. The second-order valence-electron chi connectivity index (χ2n) is 8.77. The fourth-order valence-electron chi connectivity index (χ4n) is 3.41. The first-order valence-corrected chi connectivity index (χ1v) is 12.2. The van der Waals surface area contributed by atoms with Crippen molar-refractivity contribution in [1.29, 1.82) is 0 Å². The van der Waals surface area contributed by atoms with Crippen molar-refractivity contribution in [2.75, 3.05) is 27.4 Å². The monoisotopic (exact) mass is 527 g/mol. The van der Waals surface area contributed by atoms with Gasteiger partial charge in [0.1, 0.15) is 30.7 Å². The summed E-state index contributed by atoms with van der Waals surface area (Å²) in [5, 5.41) is 0. The normalized spacial score (nSPS) is 24.9.